The molecule has 0 radical (unpaired) electrons. The fraction of sp³-hybridized carbons (Fsp3) is 0.600. The van der Waals surface area contributed by atoms with E-state index < -0.39 is 23.1 Å². The number of carbonyl (C=O) groups excluding carboxylic acids is 2. The number of Topliss-reactive ketones (excluding diaryl/α,β-unsaturated/α-hetero) is 1. The first-order valence-corrected chi connectivity index (χ1v) is 4.10. The van der Waals surface area contributed by atoms with Crippen LogP contribution in [0, 0.1) is 17.8 Å². The van der Waals surface area contributed by atoms with E-state index >= 15 is 0 Å². The lowest BCUT2D eigenvalue weighted by Gasteiger charge is -2.16. The van der Waals surface area contributed by atoms with E-state index in [1.54, 1.807) is 27.7 Å². The van der Waals surface area contributed by atoms with Gasteiger partial charge in [0.05, 0.1) is 6.04 Å². The molecule has 0 aliphatic carbocycles. The van der Waals surface area contributed by atoms with Crippen LogP contribution in [0.15, 0.2) is 0 Å². The van der Waals surface area contributed by atoms with Crippen molar-refractivity contribution in [1.29, 1.82) is 0 Å². The van der Waals surface area contributed by atoms with Crippen molar-refractivity contribution in [2.45, 2.75) is 33.7 Å². The van der Waals surface area contributed by atoms with Crippen LogP contribution in [0.2, 0.25) is 0 Å². The average Bonchev–Trinajstić information content (AvgIpc) is 2.01. The zero-order valence-electron chi connectivity index (χ0n) is 8.47. The van der Waals surface area contributed by atoms with Gasteiger partial charge in [0.25, 0.3) is 5.91 Å². The summed E-state index contributed by atoms with van der Waals surface area (Å²) >= 11 is 0. The van der Waals surface area contributed by atoms with Gasteiger partial charge in [0.15, 0.2) is 0 Å². The number of nitrogens with one attached hydrogen (secondary N) is 1. The molecule has 0 aliphatic rings. The summed E-state index contributed by atoms with van der Waals surface area (Å²) in [7, 11) is 0. The van der Waals surface area contributed by atoms with Gasteiger partial charge in [-0.25, -0.2) is 0 Å². The maximum Gasteiger partial charge on any atom is 0.288 e. The highest BCUT2D eigenvalue weighted by atomic mass is 16.2. The molecule has 0 saturated heterocycles. The Balaban J connectivity index is 4.32. The second-order valence-corrected chi connectivity index (χ2v) is 3.94. The van der Waals surface area contributed by atoms with Gasteiger partial charge in [-0.3, -0.25) is 9.59 Å². The molecule has 0 saturated carbocycles. The molecule has 1 amide bonds. The second-order valence-electron chi connectivity index (χ2n) is 3.94. The van der Waals surface area contributed by atoms with Crippen LogP contribution in [0.25, 0.3) is 0 Å². The lowest BCUT2D eigenvalue weighted by molar-refractivity contribution is -0.142. The molecule has 1 unspecified atom stereocenters. The normalized spacial score (nSPS) is 12.8. The number of terminal acetylenes is 1. The summed E-state index contributed by atoms with van der Waals surface area (Å²) in [4.78, 5) is 22.5. The Bertz CT molecular complexity index is 255. The molecule has 0 heterocycles. The van der Waals surface area contributed by atoms with Crippen molar-refractivity contribution < 1.29 is 9.59 Å². The average molecular weight is 181 g/mol. The Kier molecular flexibility index (Phi) is 3.68. The van der Waals surface area contributed by atoms with Crippen molar-refractivity contribution >= 4 is 11.7 Å². The molecule has 0 aromatic rings. The highest BCUT2D eigenvalue weighted by molar-refractivity contribution is 6.38. The fourth-order valence-corrected chi connectivity index (χ4v) is 0.644. The smallest absolute Gasteiger partial charge is 0.288 e. The summed E-state index contributed by atoms with van der Waals surface area (Å²) in [5, 5.41) is 2.41. The van der Waals surface area contributed by atoms with Crippen LogP contribution < -0.4 is 5.32 Å². The zero-order chi connectivity index (χ0) is 10.6. The third kappa shape index (κ3) is 3.75. The van der Waals surface area contributed by atoms with Crippen molar-refractivity contribution in [2.75, 3.05) is 0 Å². The van der Waals surface area contributed by atoms with Crippen LogP contribution in [-0.4, -0.2) is 17.7 Å². The van der Waals surface area contributed by atoms with E-state index in [0.29, 0.717) is 0 Å². The topological polar surface area (TPSA) is 46.2 Å². The van der Waals surface area contributed by atoms with E-state index in [4.69, 9.17) is 6.42 Å². The zero-order valence-corrected chi connectivity index (χ0v) is 8.47. The minimum Gasteiger partial charge on any atom is -0.336 e. The van der Waals surface area contributed by atoms with E-state index in [1.807, 2.05) is 0 Å². The Hall–Kier alpha value is -1.30. The highest BCUT2D eigenvalue weighted by Gasteiger charge is 2.28. The number of amides is 1. The van der Waals surface area contributed by atoms with E-state index in [-0.39, 0.29) is 0 Å². The van der Waals surface area contributed by atoms with Gasteiger partial charge in [-0.2, -0.15) is 0 Å². The maximum absolute atomic E-state index is 11.3. The number of carbonyl (C=O) groups is 2. The Morgan fingerprint density at radius 3 is 2.15 bits per heavy atom. The molecule has 3 heteroatoms. The third-order valence-corrected chi connectivity index (χ3v) is 1.49. The van der Waals surface area contributed by atoms with Crippen LogP contribution in [0.4, 0.5) is 0 Å². The molecule has 1 atom stereocenters. The Morgan fingerprint density at radius 2 is 1.85 bits per heavy atom. The Morgan fingerprint density at radius 1 is 1.38 bits per heavy atom. The van der Waals surface area contributed by atoms with Crippen molar-refractivity contribution in [2.24, 2.45) is 5.41 Å². The second kappa shape index (κ2) is 4.08. The van der Waals surface area contributed by atoms with E-state index in [2.05, 4.69) is 11.2 Å². The Labute approximate surface area is 78.9 Å². The summed E-state index contributed by atoms with van der Waals surface area (Å²) in [6.45, 7) is 6.72. The van der Waals surface area contributed by atoms with Crippen molar-refractivity contribution in [3.8, 4) is 12.3 Å². The third-order valence-electron chi connectivity index (χ3n) is 1.49. The molecule has 0 bridgehead atoms. The number of hydrogen-bond acceptors (Lipinski definition) is 2. The molecular formula is C10H15NO2. The first-order chi connectivity index (χ1) is 5.79. The molecule has 3 nitrogen and oxygen atoms in total. The number of rotatable bonds is 2. The lowest BCUT2D eigenvalue weighted by atomic mass is 9.90. The molecule has 72 valence electrons. The quantitative estimate of drug-likeness (QED) is 0.504. The van der Waals surface area contributed by atoms with Crippen LogP contribution in [0.5, 0.6) is 0 Å². The summed E-state index contributed by atoms with van der Waals surface area (Å²) in [6.07, 6.45) is 5.05. The van der Waals surface area contributed by atoms with E-state index in [1.165, 1.54) is 0 Å². The summed E-state index contributed by atoms with van der Waals surface area (Å²) in [6, 6.07) is -0.404. The molecule has 13 heavy (non-hydrogen) atoms. The van der Waals surface area contributed by atoms with Gasteiger partial charge in [0, 0.05) is 5.41 Å². The monoisotopic (exact) mass is 181 g/mol. The van der Waals surface area contributed by atoms with Crippen LogP contribution >= 0.6 is 0 Å². The van der Waals surface area contributed by atoms with Gasteiger partial charge in [0.2, 0.25) is 5.78 Å². The van der Waals surface area contributed by atoms with Gasteiger partial charge in [-0.15, -0.1) is 6.42 Å². The van der Waals surface area contributed by atoms with Crippen molar-refractivity contribution in [3.63, 3.8) is 0 Å². The highest BCUT2D eigenvalue weighted by Crippen LogP contribution is 2.14. The van der Waals surface area contributed by atoms with E-state index in [9.17, 15) is 9.59 Å². The fourth-order valence-electron chi connectivity index (χ4n) is 0.644. The van der Waals surface area contributed by atoms with Gasteiger partial charge in [-0.05, 0) is 6.92 Å². The largest absolute Gasteiger partial charge is 0.336 e. The van der Waals surface area contributed by atoms with Gasteiger partial charge in [-0.1, -0.05) is 26.7 Å². The molecule has 0 spiro atoms. The molecular weight excluding hydrogens is 166 g/mol. The van der Waals surface area contributed by atoms with Crippen molar-refractivity contribution in [1.82, 2.24) is 5.32 Å². The SMILES string of the molecule is C#CC(C)NC(=O)C(=O)C(C)(C)C. The minimum atomic E-state index is -0.654. The minimum absolute atomic E-state index is 0.404. The van der Waals surface area contributed by atoms with Gasteiger partial charge in [0.1, 0.15) is 0 Å². The molecule has 0 aromatic heterocycles. The van der Waals surface area contributed by atoms with Crippen LogP contribution in [0.3, 0.4) is 0 Å². The van der Waals surface area contributed by atoms with Crippen molar-refractivity contribution in [3.05, 3.63) is 0 Å². The predicted octanol–water partition coefficient (Wildman–Crippen LogP) is 0.739. The van der Waals surface area contributed by atoms with Gasteiger partial charge >= 0.3 is 0 Å². The first-order valence-electron chi connectivity index (χ1n) is 4.10. The summed E-state index contributed by atoms with van der Waals surface area (Å²) in [5.74, 6) is 1.26. The van der Waals surface area contributed by atoms with Gasteiger partial charge < -0.3 is 5.32 Å². The lowest BCUT2D eigenvalue weighted by Crippen LogP contribution is -2.41. The summed E-state index contributed by atoms with van der Waals surface area (Å²) in [5.41, 5.74) is -0.654. The van der Waals surface area contributed by atoms with E-state index in [0.717, 1.165) is 0 Å². The maximum atomic E-state index is 11.3. The standard InChI is InChI=1S/C10H15NO2/c1-6-7(2)11-9(13)8(12)10(3,4)5/h1,7H,2-5H3,(H,11,13). The molecule has 1 N–H and O–H groups in total. The molecule has 0 aromatic carbocycles. The molecule has 0 rings (SSSR count). The molecule has 0 fully saturated rings. The summed E-state index contributed by atoms with van der Waals surface area (Å²) < 4.78 is 0. The van der Waals surface area contributed by atoms with Crippen LogP contribution in [0.1, 0.15) is 27.7 Å². The number of ketones is 1. The molecule has 0 aliphatic heterocycles. The first kappa shape index (κ1) is 11.7. The number of hydrogen-bond donors (Lipinski definition) is 1. The predicted molar refractivity (Wildman–Crippen MR) is 50.9 cm³/mol. The van der Waals surface area contributed by atoms with Crippen LogP contribution in [-0.2, 0) is 9.59 Å².